The first-order valence-electron chi connectivity index (χ1n) is 10.7. The Hall–Kier alpha value is -3.82. The lowest BCUT2D eigenvalue weighted by atomic mass is 9.95. The Morgan fingerprint density at radius 2 is 1.85 bits per heavy atom. The fourth-order valence-electron chi connectivity index (χ4n) is 3.83. The number of rotatable bonds is 7. The van der Waals surface area contributed by atoms with Crippen molar-refractivity contribution in [3.63, 3.8) is 0 Å². The average molecular weight is 474 g/mol. The number of carbonyl (C=O) groups excluding carboxylic acids is 2. The minimum absolute atomic E-state index is 0.0814. The van der Waals surface area contributed by atoms with Crippen LogP contribution in [-0.4, -0.2) is 50.3 Å². The number of nitrogens with zero attached hydrogens (tertiary/aromatic N) is 1. The van der Waals surface area contributed by atoms with Gasteiger partial charge in [0.15, 0.2) is 23.0 Å². The molecule has 0 aromatic heterocycles. The molecule has 10 heteroatoms. The van der Waals surface area contributed by atoms with Crippen molar-refractivity contribution in [2.75, 3.05) is 32.3 Å². The zero-order valence-corrected chi connectivity index (χ0v) is 18.5. The van der Waals surface area contributed by atoms with E-state index < -0.39 is 6.61 Å². The van der Waals surface area contributed by atoms with Crippen molar-refractivity contribution >= 4 is 23.6 Å². The molecule has 0 aliphatic carbocycles. The van der Waals surface area contributed by atoms with Gasteiger partial charge in [-0.3, -0.25) is 9.59 Å². The molecule has 1 fully saturated rings. The second kappa shape index (κ2) is 10.4. The topological polar surface area (TPSA) is 86.3 Å². The van der Waals surface area contributed by atoms with Gasteiger partial charge in [0.1, 0.15) is 0 Å². The number of benzene rings is 2. The Balaban J connectivity index is 1.28. The second-order valence-electron chi connectivity index (χ2n) is 7.78. The highest BCUT2D eigenvalue weighted by Crippen LogP contribution is 2.34. The van der Waals surface area contributed by atoms with Gasteiger partial charge in [-0.05, 0) is 48.7 Å². The van der Waals surface area contributed by atoms with Crippen LogP contribution in [0.15, 0.2) is 42.5 Å². The normalized spacial score (nSPS) is 15.6. The van der Waals surface area contributed by atoms with Gasteiger partial charge in [0.25, 0.3) is 0 Å². The number of hydrogen-bond acceptors (Lipinski definition) is 6. The molecule has 1 saturated heterocycles. The number of hydrogen-bond donors (Lipinski definition) is 1. The zero-order chi connectivity index (χ0) is 24.1. The molecule has 34 heavy (non-hydrogen) atoms. The van der Waals surface area contributed by atoms with E-state index in [-0.39, 0.29) is 36.0 Å². The summed E-state index contributed by atoms with van der Waals surface area (Å²) >= 11 is 0. The summed E-state index contributed by atoms with van der Waals surface area (Å²) in [5.74, 6) is 0.810. The molecule has 1 N–H and O–H groups in total. The molecule has 0 saturated carbocycles. The molecule has 2 amide bonds. The summed E-state index contributed by atoms with van der Waals surface area (Å²) in [6, 6.07) is 9.66. The summed E-state index contributed by atoms with van der Waals surface area (Å²) in [5, 5.41) is 2.90. The molecule has 8 nitrogen and oxygen atoms in total. The summed E-state index contributed by atoms with van der Waals surface area (Å²) in [7, 11) is 1.35. The van der Waals surface area contributed by atoms with Gasteiger partial charge in [0, 0.05) is 36.8 Å². The van der Waals surface area contributed by atoms with E-state index in [9.17, 15) is 18.4 Å². The van der Waals surface area contributed by atoms with E-state index >= 15 is 0 Å². The van der Waals surface area contributed by atoms with Gasteiger partial charge < -0.3 is 29.2 Å². The minimum atomic E-state index is -2.96. The fourth-order valence-corrected chi connectivity index (χ4v) is 3.83. The molecule has 0 atom stereocenters. The Morgan fingerprint density at radius 3 is 2.59 bits per heavy atom. The van der Waals surface area contributed by atoms with Crippen molar-refractivity contribution in [1.82, 2.24) is 4.90 Å². The number of carbonyl (C=O) groups is 2. The van der Waals surface area contributed by atoms with E-state index in [2.05, 4.69) is 10.1 Å². The maximum Gasteiger partial charge on any atom is 0.387 e. The fraction of sp³-hybridized carbons (Fsp3) is 0.333. The van der Waals surface area contributed by atoms with E-state index in [1.165, 1.54) is 25.3 Å². The SMILES string of the molecule is COc1cc(/C=C/C(=O)N2CCC(C(=O)Nc3ccc4c(c3)OCO4)CC2)ccc1OC(F)F. The molecular formula is C24H24F2N2O6. The van der Waals surface area contributed by atoms with Crippen LogP contribution in [0.1, 0.15) is 18.4 Å². The highest BCUT2D eigenvalue weighted by atomic mass is 19.3. The number of halogens is 2. The standard InChI is InChI=1S/C24H24F2N2O6/c1-31-20-12-15(2-5-19(20)34-24(25)26)3-7-22(29)28-10-8-16(9-11-28)23(30)27-17-4-6-18-21(13-17)33-14-32-18/h2-7,12-13,16,24H,8-11,14H2,1H3,(H,27,30)/b7-3+. The number of nitrogens with one attached hydrogen (secondary N) is 1. The third-order valence-electron chi connectivity index (χ3n) is 5.64. The lowest BCUT2D eigenvalue weighted by molar-refractivity contribution is -0.130. The Bertz CT molecular complexity index is 1080. The summed E-state index contributed by atoms with van der Waals surface area (Å²) in [6.45, 7) is -1.89. The Labute approximate surface area is 195 Å². The molecule has 2 aromatic rings. The zero-order valence-electron chi connectivity index (χ0n) is 18.5. The van der Waals surface area contributed by atoms with Crippen LogP contribution in [0.2, 0.25) is 0 Å². The van der Waals surface area contributed by atoms with Gasteiger partial charge in [0.2, 0.25) is 18.6 Å². The first-order valence-corrected chi connectivity index (χ1v) is 10.7. The van der Waals surface area contributed by atoms with Crippen molar-refractivity contribution in [2.45, 2.75) is 19.5 Å². The van der Waals surface area contributed by atoms with Gasteiger partial charge >= 0.3 is 6.61 Å². The third-order valence-corrected chi connectivity index (χ3v) is 5.64. The predicted octanol–water partition coefficient (Wildman–Crippen LogP) is 3.92. The van der Waals surface area contributed by atoms with E-state index in [0.717, 1.165) is 0 Å². The summed E-state index contributed by atoms with van der Waals surface area (Å²) < 4.78 is 45.0. The van der Waals surface area contributed by atoms with Crippen molar-refractivity contribution < 1.29 is 37.3 Å². The van der Waals surface area contributed by atoms with E-state index in [0.29, 0.717) is 48.7 Å². The number of likely N-dealkylation sites (tertiary alicyclic amines) is 1. The largest absolute Gasteiger partial charge is 0.493 e. The average Bonchev–Trinajstić information content (AvgIpc) is 3.31. The summed E-state index contributed by atoms with van der Waals surface area (Å²) in [6.07, 6.45) is 4.08. The highest BCUT2D eigenvalue weighted by molar-refractivity contribution is 5.94. The number of ether oxygens (including phenoxy) is 4. The molecule has 0 spiro atoms. The summed E-state index contributed by atoms with van der Waals surface area (Å²) in [4.78, 5) is 26.9. The van der Waals surface area contributed by atoms with Gasteiger partial charge in [0.05, 0.1) is 7.11 Å². The van der Waals surface area contributed by atoms with Crippen molar-refractivity contribution in [1.29, 1.82) is 0 Å². The predicted molar refractivity (Wildman–Crippen MR) is 119 cm³/mol. The first kappa shape index (κ1) is 23.3. The highest BCUT2D eigenvalue weighted by Gasteiger charge is 2.27. The second-order valence-corrected chi connectivity index (χ2v) is 7.78. The lowest BCUT2D eigenvalue weighted by Crippen LogP contribution is -2.40. The molecule has 2 aliphatic heterocycles. The molecule has 0 bridgehead atoms. The number of amides is 2. The van der Waals surface area contributed by atoms with E-state index in [1.807, 2.05) is 0 Å². The maximum atomic E-state index is 12.6. The molecule has 0 unspecified atom stereocenters. The van der Waals surface area contributed by atoms with Crippen LogP contribution in [0.4, 0.5) is 14.5 Å². The Morgan fingerprint density at radius 1 is 1.09 bits per heavy atom. The first-order chi connectivity index (χ1) is 16.4. The van der Waals surface area contributed by atoms with Crippen LogP contribution in [0, 0.1) is 5.92 Å². The molecule has 2 aliphatic rings. The van der Waals surface area contributed by atoms with Crippen molar-refractivity contribution in [3.8, 4) is 23.0 Å². The maximum absolute atomic E-state index is 12.6. The van der Waals surface area contributed by atoms with Crippen LogP contribution in [0.3, 0.4) is 0 Å². The van der Waals surface area contributed by atoms with Gasteiger partial charge in [-0.1, -0.05) is 6.07 Å². The molecule has 180 valence electrons. The molecule has 4 rings (SSSR count). The summed E-state index contributed by atoms with van der Waals surface area (Å²) in [5.41, 5.74) is 1.24. The van der Waals surface area contributed by atoms with Crippen LogP contribution in [0.5, 0.6) is 23.0 Å². The number of anilines is 1. The van der Waals surface area contributed by atoms with Crippen LogP contribution >= 0.6 is 0 Å². The van der Waals surface area contributed by atoms with Crippen molar-refractivity contribution in [3.05, 3.63) is 48.0 Å². The molecule has 2 heterocycles. The van der Waals surface area contributed by atoms with Crippen LogP contribution in [-0.2, 0) is 9.59 Å². The number of fused-ring (bicyclic) bond motifs is 1. The number of methoxy groups -OCH3 is 1. The molecular weight excluding hydrogens is 450 g/mol. The smallest absolute Gasteiger partial charge is 0.387 e. The number of alkyl halides is 2. The quantitative estimate of drug-likeness (QED) is 0.613. The molecule has 0 radical (unpaired) electrons. The van der Waals surface area contributed by atoms with E-state index in [1.54, 1.807) is 35.2 Å². The molecule has 2 aromatic carbocycles. The van der Waals surface area contributed by atoms with Gasteiger partial charge in [-0.15, -0.1) is 0 Å². The third kappa shape index (κ3) is 5.56. The monoisotopic (exact) mass is 474 g/mol. The van der Waals surface area contributed by atoms with Crippen LogP contribution < -0.4 is 24.3 Å². The van der Waals surface area contributed by atoms with Crippen LogP contribution in [0.25, 0.3) is 6.08 Å². The van der Waals surface area contributed by atoms with E-state index in [4.69, 9.17) is 14.2 Å². The van der Waals surface area contributed by atoms with Crippen molar-refractivity contribution in [2.24, 2.45) is 5.92 Å². The minimum Gasteiger partial charge on any atom is -0.493 e. The number of piperidine rings is 1. The van der Waals surface area contributed by atoms with Gasteiger partial charge in [-0.25, -0.2) is 0 Å². The lowest BCUT2D eigenvalue weighted by Gasteiger charge is -2.30. The Kier molecular flexibility index (Phi) is 7.15. The van der Waals surface area contributed by atoms with Gasteiger partial charge in [-0.2, -0.15) is 8.78 Å².